The van der Waals surface area contributed by atoms with Crippen molar-refractivity contribution in [2.24, 2.45) is 0 Å². The van der Waals surface area contributed by atoms with Gasteiger partial charge in [-0.15, -0.1) is 0 Å². The van der Waals surface area contributed by atoms with Crippen LogP contribution in [0.5, 0.6) is 0 Å². The second-order valence-corrected chi connectivity index (χ2v) is 3.37. The van der Waals surface area contributed by atoms with Crippen LogP contribution in [0.3, 0.4) is 0 Å². The highest BCUT2D eigenvalue weighted by Gasteiger charge is 2.01. The minimum Gasteiger partial charge on any atom is -0.478 e. The molecule has 0 aliphatic rings. The minimum absolute atomic E-state index is 0.229. The van der Waals surface area contributed by atoms with Gasteiger partial charge in [0.25, 0.3) is 10.1 Å². The van der Waals surface area contributed by atoms with Crippen LogP contribution in [0.2, 0.25) is 0 Å². The Labute approximate surface area is 70.8 Å². The third-order valence-electron chi connectivity index (χ3n) is 0.615. The van der Waals surface area contributed by atoms with Crippen LogP contribution in [-0.4, -0.2) is 24.0 Å². The molecular weight excluding hydrogens is 184 g/mol. The molecule has 70 valence electrons. The summed E-state index contributed by atoms with van der Waals surface area (Å²) in [6.45, 7) is 7.17. The van der Waals surface area contributed by atoms with Crippen molar-refractivity contribution in [3.8, 4) is 0 Å². The molecule has 0 aromatic rings. The van der Waals surface area contributed by atoms with Crippen LogP contribution in [0.1, 0.15) is 6.92 Å². The Balaban J connectivity index is 0. The predicted octanol–water partition coefficient (Wildman–Crippen LogP) is 0.665. The molecule has 2 N–H and O–H groups in total. The molecule has 0 aliphatic heterocycles. The normalized spacial score (nSPS) is 9.17. The van der Waals surface area contributed by atoms with Gasteiger partial charge < -0.3 is 5.11 Å². The molecule has 0 heterocycles. The fourth-order valence-electron chi connectivity index (χ4n) is 0. The summed E-state index contributed by atoms with van der Waals surface area (Å²) in [5.74, 6) is -0.981. The van der Waals surface area contributed by atoms with E-state index in [-0.39, 0.29) is 4.91 Å². The lowest BCUT2D eigenvalue weighted by molar-refractivity contribution is -0.131. The summed E-state index contributed by atoms with van der Waals surface area (Å²) in [4.78, 5) is 9.02. The first-order valence-corrected chi connectivity index (χ1v) is 4.14. The average molecular weight is 194 g/mol. The van der Waals surface area contributed by atoms with Crippen LogP contribution in [-0.2, 0) is 14.9 Å². The van der Waals surface area contributed by atoms with Gasteiger partial charge in [-0.05, 0) is 6.92 Å². The summed E-state index contributed by atoms with van der Waals surface area (Å²) in [6.07, 6.45) is 0.833. The number of rotatable bonds is 2. The highest BCUT2D eigenvalue weighted by atomic mass is 32.2. The van der Waals surface area contributed by atoms with Gasteiger partial charge in [0.05, 0.1) is 4.91 Å². The monoisotopic (exact) mass is 194 g/mol. The van der Waals surface area contributed by atoms with Crippen molar-refractivity contribution in [2.45, 2.75) is 6.92 Å². The van der Waals surface area contributed by atoms with E-state index in [1.54, 1.807) is 0 Å². The van der Waals surface area contributed by atoms with E-state index in [1.165, 1.54) is 6.92 Å². The van der Waals surface area contributed by atoms with Crippen molar-refractivity contribution in [1.82, 2.24) is 0 Å². The molecule has 0 atom stereocenters. The number of allylic oxidation sites excluding steroid dienone is 1. The number of hydrogen-bond donors (Lipinski definition) is 2. The Morgan fingerprint density at radius 3 is 1.67 bits per heavy atom. The van der Waals surface area contributed by atoms with Gasteiger partial charge >= 0.3 is 5.97 Å². The predicted molar refractivity (Wildman–Crippen MR) is 44.2 cm³/mol. The molecule has 0 unspecified atom stereocenters. The molecule has 0 rings (SSSR count). The van der Waals surface area contributed by atoms with Gasteiger partial charge in [0.15, 0.2) is 0 Å². The highest BCUT2D eigenvalue weighted by molar-refractivity contribution is 7.89. The summed E-state index contributed by atoms with van der Waals surface area (Å²) in [7, 11) is -3.94. The molecular formula is C6H10O5S. The lowest BCUT2D eigenvalue weighted by Crippen LogP contribution is -1.95. The number of carboxylic acids is 1. The maximum atomic E-state index is 9.79. The van der Waals surface area contributed by atoms with Crippen LogP contribution in [0.4, 0.5) is 0 Å². The molecule has 5 nitrogen and oxygen atoms in total. The minimum atomic E-state index is -3.94. The van der Waals surface area contributed by atoms with E-state index in [0.717, 1.165) is 6.08 Å². The molecule has 6 heteroatoms. The summed E-state index contributed by atoms with van der Waals surface area (Å²) in [6, 6.07) is 0. The molecule has 0 aliphatic carbocycles. The third-order valence-corrected chi connectivity index (χ3v) is 1.50. The second-order valence-electron chi connectivity index (χ2n) is 1.72. The van der Waals surface area contributed by atoms with E-state index in [2.05, 4.69) is 13.2 Å². The van der Waals surface area contributed by atoms with E-state index in [0.29, 0.717) is 0 Å². The number of carbonyl (C=O) groups is 1. The summed E-state index contributed by atoms with van der Waals surface area (Å²) < 4.78 is 27.5. The summed E-state index contributed by atoms with van der Waals surface area (Å²) in [5.41, 5.74) is 0. The maximum absolute atomic E-state index is 9.79. The lowest BCUT2D eigenvalue weighted by Gasteiger charge is -1.86. The maximum Gasteiger partial charge on any atom is 0.327 e. The summed E-state index contributed by atoms with van der Waals surface area (Å²) in [5, 5.41) is 7.60. The third kappa shape index (κ3) is 11.6. The SMILES string of the molecule is C=C(C)S(=O)(=O)O.C=CC(=O)O. The van der Waals surface area contributed by atoms with Gasteiger partial charge in [0.2, 0.25) is 0 Å². The lowest BCUT2D eigenvalue weighted by atomic mass is 10.7. The zero-order valence-corrected chi connectivity index (χ0v) is 7.34. The van der Waals surface area contributed by atoms with Crippen molar-refractivity contribution in [2.75, 3.05) is 0 Å². The zero-order chi connectivity index (χ0) is 10.4. The van der Waals surface area contributed by atoms with Crippen molar-refractivity contribution in [3.05, 3.63) is 24.1 Å². The molecule has 0 radical (unpaired) electrons. The van der Waals surface area contributed by atoms with E-state index in [9.17, 15) is 13.2 Å². The van der Waals surface area contributed by atoms with Gasteiger partial charge in [-0.25, -0.2) is 4.79 Å². The topological polar surface area (TPSA) is 91.7 Å². The standard InChI is InChI=1S/C3H6O3S.C3H4O2/c1-3(2)7(4,5)6;1-2-3(4)5/h1H2,2H3,(H,4,5,6);2H,1H2,(H,4,5). The fourth-order valence-corrected chi connectivity index (χ4v) is 0. The molecule has 0 bridgehead atoms. The fraction of sp³-hybridized carbons (Fsp3) is 0.167. The van der Waals surface area contributed by atoms with E-state index >= 15 is 0 Å². The Bertz CT molecular complexity index is 274. The first-order valence-electron chi connectivity index (χ1n) is 2.70. The smallest absolute Gasteiger partial charge is 0.327 e. The Kier molecular flexibility index (Phi) is 6.17. The molecule has 0 fully saturated rings. The average Bonchev–Trinajstić information content (AvgIpc) is 1.87. The second kappa shape index (κ2) is 5.50. The molecule has 0 saturated carbocycles. The first kappa shape index (κ1) is 13.4. The van der Waals surface area contributed by atoms with E-state index < -0.39 is 16.1 Å². The van der Waals surface area contributed by atoms with Gasteiger partial charge in [0.1, 0.15) is 0 Å². The van der Waals surface area contributed by atoms with Crippen molar-refractivity contribution < 1.29 is 22.9 Å². The van der Waals surface area contributed by atoms with Crippen molar-refractivity contribution in [1.29, 1.82) is 0 Å². The Morgan fingerprint density at radius 1 is 1.50 bits per heavy atom. The number of hydrogen-bond acceptors (Lipinski definition) is 3. The van der Waals surface area contributed by atoms with E-state index in [4.69, 9.17) is 9.66 Å². The van der Waals surface area contributed by atoms with Crippen molar-refractivity contribution >= 4 is 16.1 Å². The van der Waals surface area contributed by atoms with Crippen LogP contribution in [0.25, 0.3) is 0 Å². The van der Waals surface area contributed by atoms with Gasteiger partial charge in [-0.2, -0.15) is 8.42 Å². The van der Waals surface area contributed by atoms with E-state index in [1.807, 2.05) is 0 Å². The molecule has 0 aromatic carbocycles. The van der Waals surface area contributed by atoms with Crippen molar-refractivity contribution in [3.63, 3.8) is 0 Å². The zero-order valence-electron chi connectivity index (χ0n) is 6.52. The van der Waals surface area contributed by atoms with Crippen LogP contribution < -0.4 is 0 Å². The first-order chi connectivity index (χ1) is 5.21. The number of carboxylic acid groups (broad SMARTS) is 1. The molecule has 12 heavy (non-hydrogen) atoms. The van der Waals surface area contributed by atoms with Crippen LogP contribution >= 0.6 is 0 Å². The van der Waals surface area contributed by atoms with Crippen LogP contribution in [0.15, 0.2) is 24.1 Å². The van der Waals surface area contributed by atoms with Gasteiger partial charge in [-0.3, -0.25) is 4.55 Å². The molecule has 0 amide bonds. The Morgan fingerprint density at radius 2 is 1.67 bits per heavy atom. The quantitative estimate of drug-likeness (QED) is 0.497. The van der Waals surface area contributed by atoms with Crippen LogP contribution in [0, 0.1) is 0 Å². The largest absolute Gasteiger partial charge is 0.478 e. The van der Waals surface area contributed by atoms with Gasteiger partial charge in [0, 0.05) is 6.08 Å². The Hall–Kier alpha value is -1.14. The molecule has 0 aromatic heterocycles. The summed E-state index contributed by atoms with van der Waals surface area (Å²) >= 11 is 0. The number of aliphatic carboxylic acids is 1. The molecule has 0 saturated heterocycles. The highest BCUT2D eigenvalue weighted by Crippen LogP contribution is 1.94. The van der Waals surface area contributed by atoms with Gasteiger partial charge in [-0.1, -0.05) is 13.2 Å². The molecule has 0 spiro atoms.